The predicted molar refractivity (Wildman–Crippen MR) is 80.7 cm³/mol. The lowest BCUT2D eigenvalue weighted by molar-refractivity contribution is 0.205. The summed E-state index contributed by atoms with van der Waals surface area (Å²) in [5.74, 6) is 0. The highest BCUT2D eigenvalue weighted by molar-refractivity contribution is 7.80. The highest BCUT2D eigenvalue weighted by atomic mass is 32.1. The maximum absolute atomic E-state index is 5.69. The van der Waals surface area contributed by atoms with E-state index in [1.807, 2.05) is 12.1 Å². The molecule has 0 aliphatic carbocycles. The third-order valence-corrected chi connectivity index (χ3v) is 4.02. The van der Waals surface area contributed by atoms with E-state index in [2.05, 4.69) is 24.0 Å². The fourth-order valence-electron chi connectivity index (χ4n) is 2.63. The van der Waals surface area contributed by atoms with Gasteiger partial charge in [0.2, 0.25) is 0 Å². The summed E-state index contributed by atoms with van der Waals surface area (Å²) in [6.07, 6.45) is 5.37. The largest absolute Gasteiger partial charge is 0.389 e. The fourth-order valence-corrected chi connectivity index (χ4v) is 2.75. The molecule has 3 heteroatoms. The van der Waals surface area contributed by atoms with Crippen molar-refractivity contribution in [2.24, 2.45) is 5.73 Å². The zero-order chi connectivity index (χ0) is 13.0. The van der Waals surface area contributed by atoms with E-state index < -0.39 is 0 Å². The molecule has 1 aromatic rings. The van der Waals surface area contributed by atoms with Crippen molar-refractivity contribution in [2.75, 3.05) is 6.54 Å². The van der Waals surface area contributed by atoms with E-state index in [1.54, 1.807) is 0 Å². The summed E-state index contributed by atoms with van der Waals surface area (Å²) in [7, 11) is 0. The van der Waals surface area contributed by atoms with Crippen molar-refractivity contribution in [3.8, 4) is 0 Å². The summed E-state index contributed by atoms with van der Waals surface area (Å²) in [6.45, 7) is 4.55. The van der Waals surface area contributed by atoms with Crippen molar-refractivity contribution in [1.29, 1.82) is 0 Å². The molecule has 0 radical (unpaired) electrons. The molecule has 0 bridgehead atoms. The monoisotopic (exact) mass is 262 g/mol. The van der Waals surface area contributed by atoms with Gasteiger partial charge in [-0.15, -0.1) is 0 Å². The number of likely N-dealkylation sites (tertiary alicyclic amines) is 1. The minimum atomic E-state index is 0.487. The van der Waals surface area contributed by atoms with E-state index in [0.29, 0.717) is 11.0 Å². The molecule has 1 fully saturated rings. The van der Waals surface area contributed by atoms with Gasteiger partial charge in [-0.05, 0) is 37.9 Å². The van der Waals surface area contributed by atoms with Crippen molar-refractivity contribution in [1.82, 2.24) is 4.90 Å². The average Bonchev–Trinajstić information content (AvgIpc) is 2.55. The number of nitrogens with zero attached hydrogens (tertiary/aromatic N) is 1. The van der Waals surface area contributed by atoms with E-state index in [0.717, 1.165) is 12.1 Å². The predicted octanol–water partition coefficient (Wildman–Crippen LogP) is 3.09. The molecule has 2 rings (SSSR count). The van der Waals surface area contributed by atoms with Crippen LogP contribution in [0.5, 0.6) is 0 Å². The molecule has 1 aliphatic heterocycles. The molecule has 2 nitrogen and oxygen atoms in total. The van der Waals surface area contributed by atoms with Crippen LogP contribution in [0, 0.1) is 0 Å². The quantitative estimate of drug-likeness (QED) is 0.849. The first kappa shape index (κ1) is 13.5. The van der Waals surface area contributed by atoms with E-state index in [-0.39, 0.29) is 0 Å². The van der Waals surface area contributed by atoms with Crippen molar-refractivity contribution in [3.05, 3.63) is 35.4 Å². The maximum Gasteiger partial charge on any atom is 0.103 e. The molecule has 1 aromatic carbocycles. The molecular weight excluding hydrogens is 240 g/mol. The smallest absolute Gasteiger partial charge is 0.103 e. The molecule has 1 atom stereocenters. The molecule has 0 aromatic heterocycles. The summed E-state index contributed by atoms with van der Waals surface area (Å²) in [4.78, 5) is 3.06. The maximum atomic E-state index is 5.69. The van der Waals surface area contributed by atoms with Gasteiger partial charge in [-0.1, -0.05) is 43.3 Å². The van der Waals surface area contributed by atoms with Gasteiger partial charge in [-0.25, -0.2) is 0 Å². The first-order chi connectivity index (χ1) is 8.66. The van der Waals surface area contributed by atoms with Crippen LogP contribution in [0.4, 0.5) is 0 Å². The molecule has 1 saturated heterocycles. The molecule has 1 aliphatic rings. The number of nitrogens with two attached hydrogens (primary N) is 1. The van der Waals surface area contributed by atoms with Gasteiger partial charge in [-0.2, -0.15) is 0 Å². The van der Waals surface area contributed by atoms with Gasteiger partial charge < -0.3 is 5.73 Å². The van der Waals surface area contributed by atoms with Crippen molar-refractivity contribution in [3.63, 3.8) is 0 Å². The summed E-state index contributed by atoms with van der Waals surface area (Å²) in [6, 6.07) is 9.00. The summed E-state index contributed by atoms with van der Waals surface area (Å²) >= 11 is 5.04. The Morgan fingerprint density at radius 2 is 2.22 bits per heavy atom. The average molecular weight is 262 g/mol. The van der Waals surface area contributed by atoms with Gasteiger partial charge in [0, 0.05) is 18.2 Å². The normalized spacial score (nSPS) is 21.5. The fraction of sp³-hybridized carbons (Fsp3) is 0.533. The van der Waals surface area contributed by atoms with E-state index in [1.165, 1.54) is 37.8 Å². The van der Waals surface area contributed by atoms with Gasteiger partial charge in [0.25, 0.3) is 0 Å². The minimum absolute atomic E-state index is 0.487. The van der Waals surface area contributed by atoms with Crippen LogP contribution in [0.25, 0.3) is 0 Å². The molecular formula is C15H22N2S. The van der Waals surface area contributed by atoms with Crippen LogP contribution < -0.4 is 5.73 Å². The molecule has 0 spiro atoms. The lowest BCUT2D eigenvalue weighted by Gasteiger charge is -2.27. The lowest BCUT2D eigenvalue weighted by Crippen LogP contribution is -2.32. The molecule has 0 saturated carbocycles. The molecule has 98 valence electrons. The van der Waals surface area contributed by atoms with Gasteiger partial charge >= 0.3 is 0 Å². The third-order valence-electron chi connectivity index (χ3n) is 3.79. The molecule has 18 heavy (non-hydrogen) atoms. The SMILES string of the molecule is CC1CCCCCN1Cc1cccc(C(N)=S)c1. The molecule has 1 heterocycles. The highest BCUT2D eigenvalue weighted by Crippen LogP contribution is 2.19. The second-order valence-electron chi connectivity index (χ2n) is 5.23. The Bertz CT molecular complexity index is 417. The second-order valence-corrected chi connectivity index (χ2v) is 5.67. The zero-order valence-corrected chi connectivity index (χ0v) is 11.9. The van der Waals surface area contributed by atoms with Crippen LogP contribution in [0.1, 0.15) is 43.7 Å². The van der Waals surface area contributed by atoms with Crippen molar-refractivity contribution >= 4 is 17.2 Å². The van der Waals surface area contributed by atoms with Gasteiger partial charge in [0.1, 0.15) is 4.99 Å². The Morgan fingerprint density at radius 1 is 1.39 bits per heavy atom. The summed E-state index contributed by atoms with van der Waals surface area (Å²) in [5.41, 5.74) is 7.98. The molecule has 1 unspecified atom stereocenters. The van der Waals surface area contributed by atoms with Crippen molar-refractivity contribution in [2.45, 2.75) is 45.2 Å². The van der Waals surface area contributed by atoms with Gasteiger partial charge in [0.15, 0.2) is 0 Å². The lowest BCUT2D eigenvalue weighted by atomic mass is 10.1. The van der Waals surface area contributed by atoms with E-state index >= 15 is 0 Å². The Balaban J connectivity index is 2.07. The standard InChI is InChI=1S/C15H22N2S/c1-12-6-3-2-4-9-17(12)11-13-7-5-8-14(10-13)15(16)18/h5,7-8,10,12H,2-4,6,9,11H2,1H3,(H2,16,18). The first-order valence-corrected chi connectivity index (χ1v) is 7.20. The number of thiocarbonyl (C=S) groups is 1. The van der Waals surface area contributed by atoms with Crippen LogP contribution in [0.15, 0.2) is 24.3 Å². The molecule has 2 N–H and O–H groups in total. The Hall–Kier alpha value is -0.930. The summed E-state index contributed by atoms with van der Waals surface area (Å²) in [5, 5.41) is 0. The van der Waals surface area contributed by atoms with Crippen LogP contribution in [0.3, 0.4) is 0 Å². The minimum Gasteiger partial charge on any atom is -0.389 e. The van der Waals surface area contributed by atoms with E-state index in [4.69, 9.17) is 18.0 Å². The summed E-state index contributed by atoms with van der Waals surface area (Å²) < 4.78 is 0. The Morgan fingerprint density at radius 3 is 3.00 bits per heavy atom. The van der Waals surface area contributed by atoms with Gasteiger partial charge in [-0.3, -0.25) is 4.90 Å². The topological polar surface area (TPSA) is 29.3 Å². The van der Waals surface area contributed by atoms with Crippen LogP contribution in [-0.2, 0) is 6.54 Å². The Labute approximate surface area is 115 Å². The van der Waals surface area contributed by atoms with Gasteiger partial charge in [0.05, 0.1) is 0 Å². The second kappa shape index (κ2) is 6.30. The highest BCUT2D eigenvalue weighted by Gasteiger charge is 2.16. The van der Waals surface area contributed by atoms with Crippen molar-refractivity contribution < 1.29 is 0 Å². The van der Waals surface area contributed by atoms with Crippen LogP contribution in [0.2, 0.25) is 0 Å². The number of benzene rings is 1. The first-order valence-electron chi connectivity index (χ1n) is 6.79. The Kier molecular flexibility index (Phi) is 4.72. The van der Waals surface area contributed by atoms with Crippen LogP contribution in [-0.4, -0.2) is 22.5 Å². The zero-order valence-electron chi connectivity index (χ0n) is 11.1. The molecule has 0 amide bonds. The van der Waals surface area contributed by atoms with Crippen LogP contribution >= 0.6 is 12.2 Å². The van der Waals surface area contributed by atoms with E-state index in [9.17, 15) is 0 Å². The number of hydrogen-bond acceptors (Lipinski definition) is 2. The number of rotatable bonds is 3. The third kappa shape index (κ3) is 3.53. The number of hydrogen-bond donors (Lipinski definition) is 1.